The predicted octanol–water partition coefficient (Wildman–Crippen LogP) is 3.62. The zero-order chi connectivity index (χ0) is 20.8. The Kier molecular flexibility index (Phi) is 6.66. The number of likely N-dealkylation sites (N-methyl/N-ethyl adjacent to an activating group) is 1. The first kappa shape index (κ1) is 20.6. The second kappa shape index (κ2) is 9.38. The van der Waals surface area contributed by atoms with Gasteiger partial charge >= 0.3 is 0 Å². The van der Waals surface area contributed by atoms with Gasteiger partial charge in [-0.05, 0) is 38.1 Å². The Morgan fingerprint density at radius 1 is 1.10 bits per heavy atom. The third-order valence-electron chi connectivity index (χ3n) is 4.14. The summed E-state index contributed by atoms with van der Waals surface area (Å²) in [7, 11) is 1.59. The van der Waals surface area contributed by atoms with Crippen molar-refractivity contribution in [1.29, 1.82) is 0 Å². The lowest BCUT2D eigenvalue weighted by molar-refractivity contribution is -0.132. The maximum Gasteiger partial charge on any atom is 0.277 e. The van der Waals surface area contributed by atoms with Gasteiger partial charge in [-0.3, -0.25) is 9.59 Å². The second-order valence-electron chi connectivity index (χ2n) is 6.61. The van der Waals surface area contributed by atoms with Crippen LogP contribution in [0.1, 0.15) is 12.5 Å². The number of benzene rings is 2. The molecule has 2 aromatic carbocycles. The molecule has 3 aromatic rings. The third-order valence-corrected chi connectivity index (χ3v) is 5.07. The van der Waals surface area contributed by atoms with Crippen LogP contribution in [0, 0.1) is 6.92 Å². The Morgan fingerprint density at radius 2 is 1.79 bits per heavy atom. The summed E-state index contributed by atoms with van der Waals surface area (Å²) in [6.45, 7) is 3.67. The third kappa shape index (κ3) is 5.68. The van der Waals surface area contributed by atoms with Crippen LogP contribution in [0.15, 0.2) is 64.2 Å². The lowest BCUT2D eigenvalue weighted by atomic mass is 10.2. The fourth-order valence-electron chi connectivity index (χ4n) is 2.60. The summed E-state index contributed by atoms with van der Waals surface area (Å²) in [5.41, 5.74) is 2.62. The average Bonchev–Trinajstić information content (AvgIpc) is 3.18. The van der Waals surface area contributed by atoms with Crippen LogP contribution >= 0.6 is 11.8 Å². The minimum atomic E-state index is -0.476. The van der Waals surface area contributed by atoms with Gasteiger partial charge in [-0.15, -0.1) is 10.2 Å². The van der Waals surface area contributed by atoms with Crippen LogP contribution in [0.2, 0.25) is 0 Å². The van der Waals surface area contributed by atoms with Crippen LogP contribution in [0.3, 0.4) is 0 Å². The summed E-state index contributed by atoms with van der Waals surface area (Å²) in [6.07, 6.45) is 0. The number of nitrogens with one attached hydrogen (secondary N) is 1. The van der Waals surface area contributed by atoms with Gasteiger partial charge in [0.05, 0.1) is 11.8 Å². The van der Waals surface area contributed by atoms with E-state index in [9.17, 15) is 9.59 Å². The topological polar surface area (TPSA) is 88.3 Å². The number of hydrogen-bond acceptors (Lipinski definition) is 6. The molecule has 1 heterocycles. The Morgan fingerprint density at radius 3 is 2.48 bits per heavy atom. The molecule has 7 nitrogen and oxygen atoms in total. The molecule has 0 unspecified atom stereocenters. The number of nitrogens with zero attached hydrogens (tertiary/aromatic N) is 3. The molecule has 0 radical (unpaired) electrons. The van der Waals surface area contributed by atoms with Crippen LogP contribution in [-0.2, 0) is 9.59 Å². The number of carbonyl (C=O) groups is 2. The SMILES string of the molecule is Cc1ccc(NC(=O)CN(C)C(=O)[C@H](C)Sc2nnc(-c3ccccc3)o2)cc1. The van der Waals surface area contributed by atoms with Gasteiger partial charge in [0, 0.05) is 18.3 Å². The first-order valence-electron chi connectivity index (χ1n) is 9.09. The highest BCUT2D eigenvalue weighted by atomic mass is 32.2. The Hall–Kier alpha value is -3.13. The number of amides is 2. The molecule has 0 aliphatic heterocycles. The van der Waals surface area contributed by atoms with Crippen molar-refractivity contribution < 1.29 is 14.0 Å². The predicted molar refractivity (Wildman–Crippen MR) is 112 cm³/mol. The fraction of sp³-hybridized carbons (Fsp3) is 0.238. The van der Waals surface area contributed by atoms with E-state index in [-0.39, 0.29) is 18.4 Å². The monoisotopic (exact) mass is 410 g/mol. The highest BCUT2D eigenvalue weighted by Crippen LogP contribution is 2.26. The highest BCUT2D eigenvalue weighted by Gasteiger charge is 2.23. The molecule has 0 bridgehead atoms. The molecular weight excluding hydrogens is 388 g/mol. The lowest BCUT2D eigenvalue weighted by Crippen LogP contribution is -2.38. The zero-order valence-corrected chi connectivity index (χ0v) is 17.3. The van der Waals surface area contributed by atoms with Gasteiger partial charge in [0.15, 0.2) is 0 Å². The van der Waals surface area contributed by atoms with Crippen LogP contribution in [0.4, 0.5) is 5.69 Å². The van der Waals surface area contributed by atoms with Crippen LogP contribution < -0.4 is 5.32 Å². The normalized spacial score (nSPS) is 11.7. The van der Waals surface area contributed by atoms with E-state index in [4.69, 9.17) is 4.42 Å². The lowest BCUT2D eigenvalue weighted by Gasteiger charge is -2.19. The molecule has 0 spiro atoms. The Bertz CT molecular complexity index is 973. The number of rotatable bonds is 7. The maximum atomic E-state index is 12.6. The van der Waals surface area contributed by atoms with Crippen molar-refractivity contribution in [3.8, 4) is 11.5 Å². The van der Waals surface area contributed by atoms with Crippen LogP contribution in [0.5, 0.6) is 0 Å². The molecule has 0 aliphatic carbocycles. The molecule has 150 valence electrons. The molecule has 0 aliphatic rings. The van der Waals surface area contributed by atoms with Crippen molar-refractivity contribution in [3.63, 3.8) is 0 Å². The molecule has 0 saturated carbocycles. The molecule has 1 N–H and O–H groups in total. The van der Waals surface area contributed by atoms with Gasteiger partial charge in [0.1, 0.15) is 0 Å². The zero-order valence-electron chi connectivity index (χ0n) is 16.5. The minimum absolute atomic E-state index is 0.0449. The smallest absolute Gasteiger partial charge is 0.277 e. The largest absolute Gasteiger partial charge is 0.411 e. The quantitative estimate of drug-likeness (QED) is 0.599. The molecule has 2 amide bonds. The molecule has 1 aromatic heterocycles. The number of anilines is 1. The standard InChI is InChI=1S/C21H22N4O3S/c1-14-9-11-17(12-10-14)22-18(26)13-25(3)20(27)15(2)29-21-24-23-19(28-21)16-7-5-4-6-8-16/h4-12,15H,13H2,1-3H3,(H,22,26)/t15-/m0/s1. The Balaban J connectivity index is 1.53. The van der Waals surface area contributed by atoms with Crippen molar-refractivity contribution >= 4 is 29.3 Å². The van der Waals surface area contributed by atoms with Gasteiger partial charge in [-0.1, -0.05) is 47.7 Å². The molecule has 3 rings (SSSR count). The second-order valence-corrected chi connectivity index (χ2v) is 7.90. The molecule has 0 saturated heterocycles. The maximum absolute atomic E-state index is 12.6. The van der Waals surface area contributed by atoms with Crippen molar-refractivity contribution in [1.82, 2.24) is 15.1 Å². The van der Waals surface area contributed by atoms with E-state index in [2.05, 4.69) is 15.5 Å². The van der Waals surface area contributed by atoms with Crippen molar-refractivity contribution in [2.24, 2.45) is 0 Å². The van der Waals surface area contributed by atoms with Crippen LogP contribution in [0.25, 0.3) is 11.5 Å². The first-order valence-corrected chi connectivity index (χ1v) is 9.97. The summed E-state index contributed by atoms with van der Waals surface area (Å²) in [5.74, 6) is -0.0573. The molecule has 29 heavy (non-hydrogen) atoms. The number of aryl methyl sites for hydroxylation is 1. The Labute approximate surface area is 173 Å². The van der Waals surface area contributed by atoms with Crippen LogP contribution in [-0.4, -0.2) is 45.8 Å². The van der Waals surface area contributed by atoms with Gasteiger partial charge in [0.25, 0.3) is 5.22 Å². The number of hydrogen-bond donors (Lipinski definition) is 1. The number of thioether (sulfide) groups is 1. The van der Waals surface area contributed by atoms with E-state index in [1.165, 1.54) is 4.90 Å². The summed E-state index contributed by atoms with van der Waals surface area (Å²) in [5, 5.41) is 10.6. The average molecular weight is 410 g/mol. The summed E-state index contributed by atoms with van der Waals surface area (Å²) < 4.78 is 5.63. The fourth-order valence-corrected chi connectivity index (χ4v) is 3.40. The number of carbonyl (C=O) groups excluding carboxylic acids is 2. The van der Waals surface area contributed by atoms with Crippen molar-refractivity contribution in [2.75, 3.05) is 18.9 Å². The van der Waals surface area contributed by atoms with E-state index in [1.54, 1.807) is 14.0 Å². The first-order chi connectivity index (χ1) is 13.9. The summed E-state index contributed by atoms with van der Waals surface area (Å²) in [6, 6.07) is 16.9. The molecule has 8 heteroatoms. The number of aromatic nitrogens is 2. The highest BCUT2D eigenvalue weighted by molar-refractivity contribution is 8.00. The van der Waals surface area contributed by atoms with E-state index in [1.807, 2.05) is 61.5 Å². The van der Waals surface area contributed by atoms with Crippen molar-refractivity contribution in [2.45, 2.75) is 24.3 Å². The van der Waals surface area contributed by atoms with Gasteiger partial charge in [0.2, 0.25) is 17.7 Å². The molecule has 1 atom stereocenters. The van der Waals surface area contributed by atoms with E-state index in [0.29, 0.717) is 16.8 Å². The molecular formula is C21H22N4O3S. The van der Waals surface area contributed by atoms with E-state index in [0.717, 1.165) is 22.9 Å². The minimum Gasteiger partial charge on any atom is -0.411 e. The van der Waals surface area contributed by atoms with Gasteiger partial charge in [-0.2, -0.15) is 0 Å². The summed E-state index contributed by atoms with van der Waals surface area (Å²) in [4.78, 5) is 26.2. The van der Waals surface area contributed by atoms with E-state index < -0.39 is 5.25 Å². The van der Waals surface area contributed by atoms with Gasteiger partial charge in [-0.25, -0.2) is 0 Å². The molecule has 0 fully saturated rings. The van der Waals surface area contributed by atoms with E-state index >= 15 is 0 Å². The van der Waals surface area contributed by atoms with Crippen molar-refractivity contribution in [3.05, 3.63) is 60.2 Å². The summed E-state index contributed by atoms with van der Waals surface area (Å²) >= 11 is 1.16. The van der Waals surface area contributed by atoms with Gasteiger partial charge < -0.3 is 14.6 Å².